The molecule has 1 fully saturated rings. The van der Waals surface area contributed by atoms with E-state index in [1.54, 1.807) is 4.57 Å². The molecule has 2 rings (SSSR count). The highest BCUT2D eigenvalue weighted by Gasteiger charge is 2.16. The van der Waals surface area contributed by atoms with Gasteiger partial charge >= 0.3 is 4.87 Å². The number of aromatic nitrogens is 1. The van der Waals surface area contributed by atoms with Crippen molar-refractivity contribution in [1.82, 2.24) is 9.88 Å². The average molecular weight is 268 g/mol. The fraction of sp³-hybridized carbons (Fsp3) is 0.692. The lowest BCUT2D eigenvalue weighted by molar-refractivity contribution is -0.121. The Morgan fingerprint density at radius 3 is 2.83 bits per heavy atom. The molecule has 0 atom stereocenters. The zero-order chi connectivity index (χ0) is 13.0. The van der Waals surface area contributed by atoms with E-state index in [0.29, 0.717) is 19.0 Å². The monoisotopic (exact) mass is 268 g/mol. The molecular formula is C13H20N2O2S. The van der Waals surface area contributed by atoms with E-state index in [1.165, 1.54) is 24.2 Å². The first-order valence-corrected chi connectivity index (χ1v) is 7.49. The summed E-state index contributed by atoms with van der Waals surface area (Å²) in [6.45, 7) is 2.57. The standard InChI is InChI=1S/C13H20N2O2S/c1-10-9-18-13(17)15(10)8-4-7-12(16)14-11-5-2-3-6-11/h9,11H,2-8H2,1H3,(H,14,16). The van der Waals surface area contributed by atoms with Crippen LogP contribution in [0, 0.1) is 6.92 Å². The third-order valence-corrected chi connectivity index (χ3v) is 4.36. The second-order valence-corrected chi connectivity index (χ2v) is 5.77. The largest absolute Gasteiger partial charge is 0.353 e. The van der Waals surface area contributed by atoms with Crippen LogP contribution in [0.1, 0.15) is 44.2 Å². The smallest absolute Gasteiger partial charge is 0.307 e. The van der Waals surface area contributed by atoms with Crippen LogP contribution in [0.4, 0.5) is 0 Å². The molecule has 1 N–H and O–H groups in total. The molecule has 1 saturated carbocycles. The fourth-order valence-electron chi connectivity index (χ4n) is 2.44. The van der Waals surface area contributed by atoms with Gasteiger partial charge in [-0.3, -0.25) is 9.59 Å². The predicted molar refractivity (Wildman–Crippen MR) is 72.9 cm³/mol. The molecule has 0 aliphatic heterocycles. The summed E-state index contributed by atoms with van der Waals surface area (Å²) in [4.78, 5) is 23.2. The topological polar surface area (TPSA) is 51.1 Å². The molecule has 0 radical (unpaired) electrons. The Kier molecular flexibility index (Phi) is 4.58. The highest BCUT2D eigenvalue weighted by atomic mass is 32.1. The van der Waals surface area contributed by atoms with Gasteiger partial charge in [-0.1, -0.05) is 24.2 Å². The molecule has 4 nitrogen and oxygen atoms in total. The van der Waals surface area contributed by atoms with Crippen molar-refractivity contribution in [2.24, 2.45) is 0 Å². The first-order chi connectivity index (χ1) is 8.66. The lowest BCUT2D eigenvalue weighted by atomic mass is 10.2. The quantitative estimate of drug-likeness (QED) is 0.888. The Balaban J connectivity index is 1.71. The maximum atomic E-state index is 11.7. The lowest BCUT2D eigenvalue weighted by Crippen LogP contribution is -2.32. The second-order valence-electron chi connectivity index (χ2n) is 4.95. The fourth-order valence-corrected chi connectivity index (χ4v) is 3.20. The van der Waals surface area contributed by atoms with Gasteiger partial charge in [0.05, 0.1) is 0 Å². The van der Waals surface area contributed by atoms with Crippen molar-refractivity contribution in [3.63, 3.8) is 0 Å². The van der Waals surface area contributed by atoms with Crippen molar-refractivity contribution in [2.75, 3.05) is 0 Å². The molecule has 1 amide bonds. The van der Waals surface area contributed by atoms with E-state index in [9.17, 15) is 9.59 Å². The number of thiazole rings is 1. The Morgan fingerprint density at radius 1 is 1.50 bits per heavy atom. The van der Waals surface area contributed by atoms with Crippen LogP contribution in [0.15, 0.2) is 10.2 Å². The molecule has 100 valence electrons. The first kappa shape index (κ1) is 13.3. The van der Waals surface area contributed by atoms with Gasteiger partial charge in [0, 0.05) is 30.1 Å². The number of nitrogens with zero attached hydrogens (tertiary/aromatic N) is 1. The molecule has 0 bridgehead atoms. The number of hydrogen-bond donors (Lipinski definition) is 1. The minimum Gasteiger partial charge on any atom is -0.353 e. The molecule has 0 spiro atoms. The maximum Gasteiger partial charge on any atom is 0.307 e. The van der Waals surface area contributed by atoms with Crippen molar-refractivity contribution in [3.05, 3.63) is 20.7 Å². The van der Waals surface area contributed by atoms with Gasteiger partial charge in [0.25, 0.3) is 0 Å². The summed E-state index contributed by atoms with van der Waals surface area (Å²) >= 11 is 1.22. The summed E-state index contributed by atoms with van der Waals surface area (Å²) in [5.74, 6) is 0.128. The van der Waals surface area contributed by atoms with E-state index in [4.69, 9.17) is 0 Å². The van der Waals surface area contributed by atoms with E-state index in [2.05, 4.69) is 5.32 Å². The molecule has 0 unspecified atom stereocenters. The number of carbonyl (C=O) groups excluding carboxylic acids is 1. The number of nitrogens with one attached hydrogen (secondary N) is 1. The van der Waals surface area contributed by atoms with Crippen LogP contribution in [0.3, 0.4) is 0 Å². The summed E-state index contributed by atoms with van der Waals surface area (Å²) in [6, 6.07) is 0.392. The van der Waals surface area contributed by atoms with Crippen LogP contribution in [0.25, 0.3) is 0 Å². The van der Waals surface area contributed by atoms with Gasteiger partial charge in [-0.25, -0.2) is 0 Å². The van der Waals surface area contributed by atoms with Gasteiger partial charge < -0.3 is 9.88 Å². The van der Waals surface area contributed by atoms with E-state index < -0.39 is 0 Å². The summed E-state index contributed by atoms with van der Waals surface area (Å²) in [6.07, 6.45) is 5.95. The van der Waals surface area contributed by atoms with Gasteiger partial charge in [-0.05, 0) is 26.2 Å². The molecule has 0 saturated heterocycles. The molecule has 1 heterocycles. The number of hydrogen-bond acceptors (Lipinski definition) is 3. The van der Waals surface area contributed by atoms with Crippen molar-refractivity contribution in [3.8, 4) is 0 Å². The third-order valence-electron chi connectivity index (χ3n) is 3.48. The van der Waals surface area contributed by atoms with Crippen molar-refractivity contribution in [2.45, 2.75) is 58.0 Å². The second kappa shape index (κ2) is 6.18. The lowest BCUT2D eigenvalue weighted by Gasteiger charge is -2.11. The van der Waals surface area contributed by atoms with Gasteiger partial charge in [-0.15, -0.1) is 0 Å². The zero-order valence-corrected chi connectivity index (χ0v) is 11.6. The normalized spacial score (nSPS) is 16.1. The maximum absolute atomic E-state index is 11.7. The molecule has 5 heteroatoms. The van der Waals surface area contributed by atoms with Crippen molar-refractivity contribution < 1.29 is 4.79 Å². The van der Waals surface area contributed by atoms with Crippen LogP contribution in [-0.2, 0) is 11.3 Å². The van der Waals surface area contributed by atoms with Gasteiger partial charge in [-0.2, -0.15) is 0 Å². The SMILES string of the molecule is Cc1csc(=O)n1CCCC(=O)NC1CCCC1. The van der Waals surface area contributed by atoms with Crippen molar-refractivity contribution in [1.29, 1.82) is 0 Å². The van der Waals surface area contributed by atoms with Gasteiger partial charge in [0.15, 0.2) is 0 Å². The number of carbonyl (C=O) groups is 1. The van der Waals surface area contributed by atoms with Crippen LogP contribution in [-0.4, -0.2) is 16.5 Å². The van der Waals surface area contributed by atoms with E-state index >= 15 is 0 Å². The zero-order valence-electron chi connectivity index (χ0n) is 10.8. The molecule has 18 heavy (non-hydrogen) atoms. The van der Waals surface area contributed by atoms with Crippen LogP contribution in [0.2, 0.25) is 0 Å². The Labute approximate surface area is 111 Å². The molecule has 1 aromatic heterocycles. The van der Waals surface area contributed by atoms with Crippen LogP contribution < -0.4 is 10.2 Å². The highest BCUT2D eigenvalue weighted by Crippen LogP contribution is 2.17. The molecule has 1 aliphatic rings. The number of amides is 1. The minimum absolute atomic E-state index is 0.0729. The molecule has 1 aromatic rings. The van der Waals surface area contributed by atoms with Crippen molar-refractivity contribution >= 4 is 17.2 Å². The Bertz CT molecular complexity index is 458. The summed E-state index contributed by atoms with van der Waals surface area (Å²) in [5.41, 5.74) is 0.987. The first-order valence-electron chi connectivity index (χ1n) is 6.61. The van der Waals surface area contributed by atoms with Gasteiger partial charge in [0.2, 0.25) is 5.91 Å². The Morgan fingerprint density at radius 2 is 2.22 bits per heavy atom. The van der Waals surface area contributed by atoms with E-state index in [1.807, 2.05) is 12.3 Å². The summed E-state index contributed by atoms with van der Waals surface area (Å²) in [7, 11) is 0. The Hall–Kier alpha value is -1.10. The van der Waals surface area contributed by atoms with Crippen LogP contribution >= 0.6 is 11.3 Å². The predicted octanol–water partition coefficient (Wildman–Crippen LogP) is 2.06. The number of aryl methyl sites for hydroxylation is 1. The average Bonchev–Trinajstić information content (AvgIpc) is 2.93. The minimum atomic E-state index is 0.0729. The highest BCUT2D eigenvalue weighted by molar-refractivity contribution is 7.07. The van der Waals surface area contributed by atoms with E-state index in [-0.39, 0.29) is 10.8 Å². The van der Waals surface area contributed by atoms with Crippen LogP contribution in [0.5, 0.6) is 0 Å². The molecule has 1 aliphatic carbocycles. The third kappa shape index (κ3) is 3.45. The van der Waals surface area contributed by atoms with E-state index in [0.717, 1.165) is 25.0 Å². The van der Waals surface area contributed by atoms with Gasteiger partial charge in [0.1, 0.15) is 0 Å². The summed E-state index contributed by atoms with van der Waals surface area (Å²) < 4.78 is 1.74. The molecular weight excluding hydrogens is 248 g/mol. The number of rotatable bonds is 5. The summed E-state index contributed by atoms with van der Waals surface area (Å²) in [5, 5.41) is 4.93. The molecule has 0 aromatic carbocycles.